The van der Waals surface area contributed by atoms with Gasteiger partial charge in [-0.15, -0.1) is 0 Å². The Balaban J connectivity index is 2.80. The van der Waals surface area contributed by atoms with Gasteiger partial charge in [-0.2, -0.15) is 13.2 Å². The topological polar surface area (TPSA) is 32.6 Å². The molecule has 1 N–H and O–H groups in total. The SMILES string of the molecule is C/C(CC(C)(O)C(F)(F)F)=N\c1ccccc1. The second-order valence-corrected chi connectivity index (χ2v) is 4.13. The van der Waals surface area contributed by atoms with Gasteiger partial charge < -0.3 is 5.11 Å². The molecule has 0 fully saturated rings. The molecule has 0 aliphatic carbocycles. The fraction of sp³-hybridized carbons (Fsp3) is 0.417. The number of hydrogen-bond acceptors (Lipinski definition) is 2. The highest BCUT2D eigenvalue weighted by molar-refractivity contribution is 5.85. The van der Waals surface area contributed by atoms with Crippen LogP contribution in [0.4, 0.5) is 18.9 Å². The normalized spacial score (nSPS) is 16.7. The molecule has 0 aromatic heterocycles. The van der Waals surface area contributed by atoms with Gasteiger partial charge in [0.2, 0.25) is 0 Å². The van der Waals surface area contributed by atoms with Crippen LogP contribution in [0.5, 0.6) is 0 Å². The lowest BCUT2D eigenvalue weighted by molar-refractivity contribution is -0.249. The van der Waals surface area contributed by atoms with Crippen LogP contribution in [-0.4, -0.2) is 22.6 Å². The molecule has 0 bridgehead atoms. The van der Waals surface area contributed by atoms with E-state index in [0.717, 1.165) is 6.92 Å². The summed E-state index contributed by atoms with van der Waals surface area (Å²) >= 11 is 0. The monoisotopic (exact) mass is 245 g/mol. The molecule has 94 valence electrons. The Morgan fingerprint density at radius 1 is 1.24 bits per heavy atom. The van der Waals surface area contributed by atoms with Crippen LogP contribution in [-0.2, 0) is 0 Å². The smallest absolute Gasteiger partial charge is 0.380 e. The van der Waals surface area contributed by atoms with Gasteiger partial charge in [-0.25, -0.2) is 0 Å². The van der Waals surface area contributed by atoms with Crippen molar-refractivity contribution in [3.8, 4) is 0 Å². The first kappa shape index (κ1) is 13.7. The van der Waals surface area contributed by atoms with E-state index in [1.54, 1.807) is 30.3 Å². The summed E-state index contributed by atoms with van der Waals surface area (Å²) in [5.41, 5.74) is -1.93. The fourth-order valence-corrected chi connectivity index (χ4v) is 1.36. The van der Waals surface area contributed by atoms with E-state index < -0.39 is 18.2 Å². The minimum atomic E-state index is -4.65. The molecule has 0 spiro atoms. The number of para-hydroxylation sites is 1. The first-order valence-corrected chi connectivity index (χ1v) is 5.11. The zero-order valence-electron chi connectivity index (χ0n) is 9.62. The summed E-state index contributed by atoms with van der Waals surface area (Å²) in [6.45, 7) is 2.21. The maximum Gasteiger partial charge on any atom is 0.417 e. The minimum Gasteiger partial charge on any atom is -0.380 e. The van der Waals surface area contributed by atoms with Gasteiger partial charge in [0.1, 0.15) is 0 Å². The van der Waals surface area contributed by atoms with Crippen molar-refractivity contribution < 1.29 is 18.3 Å². The molecule has 0 amide bonds. The van der Waals surface area contributed by atoms with Gasteiger partial charge in [0.15, 0.2) is 5.60 Å². The maximum absolute atomic E-state index is 12.4. The van der Waals surface area contributed by atoms with Crippen molar-refractivity contribution in [1.82, 2.24) is 0 Å². The lowest BCUT2D eigenvalue weighted by atomic mass is 9.99. The largest absolute Gasteiger partial charge is 0.417 e. The zero-order chi connectivity index (χ0) is 13.1. The summed E-state index contributed by atoms with van der Waals surface area (Å²) in [6.07, 6.45) is -5.19. The Hall–Kier alpha value is -1.36. The predicted octanol–water partition coefficient (Wildman–Crippen LogP) is 3.48. The molecule has 0 saturated heterocycles. The van der Waals surface area contributed by atoms with Crippen LogP contribution in [0.2, 0.25) is 0 Å². The molecular formula is C12H14F3NO. The summed E-state index contributed by atoms with van der Waals surface area (Å²) in [7, 11) is 0. The molecule has 0 saturated carbocycles. The molecule has 17 heavy (non-hydrogen) atoms. The summed E-state index contributed by atoms with van der Waals surface area (Å²) in [5.74, 6) is 0. The van der Waals surface area contributed by atoms with Gasteiger partial charge in [-0.1, -0.05) is 18.2 Å². The third-order valence-electron chi connectivity index (χ3n) is 2.29. The number of alkyl halides is 3. The van der Waals surface area contributed by atoms with Crippen LogP contribution in [0.3, 0.4) is 0 Å². The highest BCUT2D eigenvalue weighted by Gasteiger charge is 2.49. The quantitative estimate of drug-likeness (QED) is 0.812. The van der Waals surface area contributed by atoms with Gasteiger partial charge >= 0.3 is 6.18 Å². The summed E-state index contributed by atoms with van der Waals surface area (Å²) in [6, 6.07) is 8.65. The first-order chi connectivity index (χ1) is 7.72. The average molecular weight is 245 g/mol. The van der Waals surface area contributed by atoms with Gasteiger partial charge in [-0.05, 0) is 26.0 Å². The lowest BCUT2D eigenvalue weighted by Crippen LogP contribution is -2.43. The third-order valence-corrected chi connectivity index (χ3v) is 2.29. The first-order valence-electron chi connectivity index (χ1n) is 5.11. The van der Waals surface area contributed by atoms with Crippen LogP contribution in [0, 0.1) is 0 Å². The number of benzene rings is 1. The lowest BCUT2D eigenvalue weighted by Gasteiger charge is -2.25. The van der Waals surface area contributed by atoms with Crippen molar-refractivity contribution in [2.75, 3.05) is 0 Å². The van der Waals surface area contributed by atoms with Crippen molar-refractivity contribution in [3.63, 3.8) is 0 Å². The van der Waals surface area contributed by atoms with Crippen LogP contribution >= 0.6 is 0 Å². The fourth-order valence-electron chi connectivity index (χ4n) is 1.36. The predicted molar refractivity (Wildman–Crippen MR) is 60.5 cm³/mol. The molecule has 0 radical (unpaired) electrons. The molecule has 1 atom stereocenters. The second kappa shape index (κ2) is 4.87. The number of aliphatic hydroxyl groups is 1. The number of rotatable bonds is 3. The van der Waals surface area contributed by atoms with Crippen molar-refractivity contribution >= 4 is 11.4 Å². The average Bonchev–Trinajstić information content (AvgIpc) is 2.16. The van der Waals surface area contributed by atoms with E-state index in [1.807, 2.05) is 0 Å². The molecule has 0 aliphatic rings. The number of hydrogen-bond donors (Lipinski definition) is 1. The van der Waals surface area contributed by atoms with Gasteiger partial charge in [0.25, 0.3) is 0 Å². The van der Waals surface area contributed by atoms with Crippen LogP contribution in [0.25, 0.3) is 0 Å². The highest BCUT2D eigenvalue weighted by atomic mass is 19.4. The van der Waals surface area contributed by atoms with Crippen molar-refractivity contribution in [2.45, 2.75) is 32.0 Å². The van der Waals surface area contributed by atoms with Crippen molar-refractivity contribution in [3.05, 3.63) is 30.3 Å². The van der Waals surface area contributed by atoms with E-state index in [9.17, 15) is 18.3 Å². The Kier molecular flexibility index (Phi) is 3.93. The molecule has 1 aromatic rings. The summed E-state index contributed by atoms with van der Waals surface area (Å²) in [5, 5.41) is 9.29. The highest BCUT2D eigenvalue weighted by Crippen LogP contribution is 2.33. The summed E-state index contributed by atoms with van der Waals surface area (Å²) < 4.78 is 37.3. The van der Waals surface area contributed by atoms with Crippen molar-refractivity contribution in [2.24, 2.45) is 4.99 Å². The van der Waals surface area contributed by atoms with Crippen LogP contribution in [0.15, 0.2) is 35.3 Å². The van der Waals surface area contributed by atoms with Gasteiger partial charge in [0, 0.05) is 12.1 Å². The zero-order valence-corrected chi connectivity index (χ0v) is 9.62. The van der Waals surface area contributed by atoms with E-state index >= 15 is 0 Å². The Morgan fingerprint density at radius 3 is 2.24 bits per heavy atom. The number of nitrogens with zero attached hydrogens (tertiary/aromatic N) is 1. The maximum atomic E-state index is 12.4. The molecule has 2 nitrogen and oxygen atoms in total. The van der Waals surface area contributed by atoms with Crippen molar-refractivity contribution in [1.29, 1.82) is 0 Å². The number of aliphatic imine (C=N–C) groups is 1. The van der Waals surface area contributed by atoms with E-state index in [1.165, 1.54) is 6.92 Å². The molecule has 1 unspecified atom stereocenters. The Bertz CT molecular complexity index is 396. The van der Waals surface area contributed by atoms with Crippen LogP contribution in [0.1, 0.15) is 20.3 Å². The van der Waals surface area contributed by atoms with Crippen LogP contribution < -0.4 is 0 Å². The molecule has 1 aromatic carbocycles. The van der Waals surface area contributed by atoms with E-state index in [2.05, 4.69) is 4.99 Å². The van der Waals surface area contributed by atoms with Gasteiger partial charge in [0.05, 0.1) is 5.69 Å². The molecule has 5 heteroatoms. The number of halogens is 3. The van der Waals surface area contributed by atoms with E-state index in [4.69, 9.17) is 0 Å². The molecule has 0 heterocycles. The minimum absolute atomic E-state index is 0.235. The van der Waals surface area contributed by atoms with E-state index in [0.29, 0.717) is 5.69 Å². The molecule has 0 aliphatic heterocycles. The standard InChI is InChI=1S/C12H14F3NO/c1-9(8-11(2,17)12(13,14)15)16-10-6-4-3-5-7-10/h3-7,17H,8H2,1-2H3/b16-9+. The molecule has 1 rings (SSSR count). The van der Waals surface area contributed by atoms with Gasteiger partial charge in [-0.3, -0.25) is 4.99 Å². The molecular weight excluding hydrogens is 231 g/mol. The summed E-state index contributed by atoms with van der Waals surface area (Å²) in [4.78, 5) is 4.01. The Morgan fingerprint density at radius 2 is 1.76 bits per heavy atom. The van der Waals surface area contributed by atoms with E-state index in [-0.39, 0.29) is 5.71 Å². The Labute approximate surface area is 97.8 Å². The second-order valence-electron chi connectivity index (χ2n) is 4.13. The third kappa shape index (κ3) is 3.85.